The van der Waals surface area contributed by atoms with Gasteiger partial charge in [0.05, 0.1) is 5.39 Å². The summed E-state index contributed by atoms with van der Waals surface area (Å²) in [4.78, 5) is 18.8. The lowest BCUT2D eigenvalue weighted by Gasteiger charge is -2.04. The predicted octanol–water partition coefficient (Wildman–Crippen LogP) is 5.13. The highest BCUT2D eigenvalue weighted by Crippen LogP contribution is 2.34. The number of hydrogen-bond donors (Lipinski definition) is 0. The van der Waals surface area contributed by atoms with E-state index in [4.69, 9.17) is 4.98 Å². The topological polar surface area (TPSA) is 34.9 Å². The maximum atomic E-state index is 13.1. The number of nitrogens with zero attached hydrogens (tertiary/aromatic N) is 2. The molecule has 0 fully saturated rings. The number of rotatable bonds is 2. The van der Waals surface area contributed by atoms with E-state index in [2.05, 4.69) is 22.9 Å². The van der Waals surface area contributed by atoms with Crippen LogP contribution in [0.4, 0.5) is 0 Å². The van der Waals surface area contributed by atoms with Gasteiger partial charge in [0.1, 0.15) is 10.7 Å². The molecule has 0 saturated carbocycles. The molecule has 5 heteroatoms. The lowest BCUT2D eigenvalue weighted by Crippen LogP contribution is -2.20. The van der Waals surface area contributed by atoms with Gasteiger partial charge in [-0.25, -0.2) is 4.98 Å². The summed E-state index contributed by atoms with van der Waals surface area (Å²) in [6.45, 7) is 0.706. The van der Waals surface area contributed by atoms with E-state index in [9.17, 15) is 4.79 Å². The summed E-state index contributed by atoms with van der Waals surface area (Å²) < 4.78 is 1.83. The lowest BCUT2D eigenvalue weighted by atomic mass is 10.1. The average molecular weight is 362 g/mol. The summed E-state index contributed by atoms with van der Waals surface area (Å²) in [6.07, 6.45) is 3.01. The fourth-order valence-electron chi connectivity index (χ4n) is 3.35. The van der Waals surface area contributed by atoms with E-state index in [0.29, 0.717) is 6.54 Å². The Bertz CT molecular complexity index is 1150. The predicted molar refractivity (Wildman–Crippen MR) is 106 cm³/mol. The van der Waals surface area contributed by atoms with Gasteiger partial charge in [-0.15, -0.1) is 11.3 Å². The molecule has 122 valence electrons. The van der Waals surface area contributed by atoms with E-state index in [1.165, 1.54) is 5.56 Å². The van der Waals surface area contributed by atoms with Crippen LogP contribution in [0.25, 0.3) is 33.0 Å². The van der Waals surface area contributed by atoms with Crippen LogP contribution in [-0.4, -0.2) is 9.55 Å². The number of aromatic nitrogens is 2. The molecule has 1 aromatic carbocycles. The Hall–Kier alpha value is -2.50. The van der Waals surface area contributed by atoms with Gasteiger partial charge in [0.15, 0.2) is 0 Å². The lowest BCUT2D eigenvalue weighted by molar-refractivity contribution is 0.726. The molecular weight excluding hydrogens is 348 g/mol. The molecule has 0 radical (unpaired) electrons. The van der Waals surface area contributed by atoms with Gasteiger partial charge in [-0.05, 0) is 46.0 Å². The van der Waals surface area contributed by atoms with Gasteiger partial charge in [0.25, 0.3) is 5.56 Å². The Balaban J connectivity index is 1.72. The van der Waals surface area contributed by atoms with Gasteiger partial charge >= 0.3 is 0 Å². The number of thiophene rings is 2. The molecule has 0 unspecified atom stereocenters. The minimum atomic E-state index is 0.0776. The highest BCUT2D eigenvalue weighted by atomic mass is 32.1. The molecule has 1 aliphatic rings. The van der Waals surface area contributed by atoms with E-state index in [0.717, 1.165) is 39.2 Å². The van der Waals surface area contributed by atoms with Crippen LogP contribution in [0.15, 0.2) is 57.3 Å². The van der Waals surface area contributed by atoms with Crippen molar-refractivity contribution in [2.45, 2.75) is 13.0 Å². The molecule has 5 rings (SSSR count). The van der Waals surface area contributed by atoms with Crippen LogP contribution in [0.5, 0.6) is 0 Å². The summed E-state index contributed by atoms with van der Waals surface area (Å²) in [5.41, 5.74) is 4.46. The van der Waals surface area contributed by atoms with Crippen molar-refractivity contribution in [2.75, 3.05) is 0 Å². The van der Waals surface area contributed by atoms with E-state index in [1.54, 1.807) is 22.7 Å². The molecule has 4 heterocycles. The monoisotopic (exact) mass is 362 g/mol. The summed E-state index contributed by atoms with van der Waals surface area (Å²) in [5, 5.41) is 6.98. The zero-order chi connectivity index (χ0) is 16.8. The molecule has 0 amide bonds. The van der Waals surface area contributed by atoms with Crippen molar-refractivity contribution in [3.05, 3.63) is 74.3 Å². The summed E-state index contributed by atoms with van der Waals surface area (Å²) >= 11 is 3.23. The normalized spacial score (nSPS) is 15.1. The Morgan fingerprint density at radius 1 is 1.12 bits per heavy atom. The molecule has 3 nitrogen and oxygen atoms in total. The van der Waals surface area contributed by atoms with Crippen LogP contribution in [0.3, 0.4) is 0 Å². The first kappa shape index (κ1) is 14.8. The molecule has 1 aliphatic heterocycles. The smallest absolute Gasteiger partial charge is 0.263 e. The van der Waals surface area contributed by atoms with Gasteiger partial charge < -0.3 is 0 Å². The fourth-order valence-corrected chi connectivity index (χ4v) is 4.90. The minimum absolute atomic E-state index is 0.0776. The second-order valence-corrected chi connectivity index (χ2v) is 7.70. The third-order valence-electron chi connectivity index (χ3n) is 4.55. The first-order valence-electron chi connectivity index (χ1n) is 8.12. The van der Waals surface area contributed by atoms with Crippen molar-refractivity contribution in [1.29, 1.82) is 0 Å². The Kier molecular flexibility index (Phi) is 3.43. The molecule has 0 bridgehead atoms. The molecule has 25 heavy (non-hydrogen) atoms. The summed E-state index contributed by atoms with van der Waals surface area (Å²) in [7, 11) is 0. The Morgan fingerprint density at radius 2 is 2.00 bits per heavy atom. The zero-order valence-corrected chi connectivity index (χ0v) is 14.9. The molecule has 3 aromatic heterocycles. The van der Waals surface area contributed by atoms with Crippen molar-refractivity contribution in [3.8, 4) is 11.1 Å². The van der Waals surface area contributed by atoms with Gasteiger partial charge in [0.2, 0.25) is 0 Å². The van der Waals surface area contributed by atoms with E-state index in [-0.39, 0.29) is 5.56 Å². The number of hydrogen-bond acceptors (Lipinski definition) is 4. The van der Waals surface area contributed by atoms with Crippen LogP contribution in [0.2, 0.25) is 0 Å². The van der Waals surface area contributed by atoms with Gasteiger partial charge in [-0.1, -0.05) is 30.3 Å². The van der Waals surface area contributed by atoms with Gasteiger partial charge in [0, 0.05) is 17.5 Å². The van der Waals surface area contributed by atoms with Crippen LogP contribution >= 0.6 is 22.7 Å². The van der Waals surface area contributed by atoms with E-state index in [1.807, 2.05) is 40.3 Å². The number of benzene rings is 1. The second-order valence-electron chi connectivity index (χ2n) is 6.06. The van der Waals surface area contributed by atoms with Crippen molar-refractivity contribution in [2.24, 2.45) is 0 Å². The molecule has 0 spiro atoms. The van der Waals surface area contributed by atoms with Crippen molar-refractivity contribution in [1.82, 2.24) is 9.55 Å². The Morgan fingerprint density at radius 3 is 2.80 bits per heavy atom. The number of fused-ring (bicyclic) bond motifs is 2. The highest BCUT2D eigenvalue weighted by molar-refractivity contribution is 7.17. The third-order valence-corrected chi connectivity index (χ3v) is 6.13. The standard InChI is InChI=1S/C20H14N2OS2/c23-20-17-16(14-4-2-1-3-5-14)12-25-19(17)21-18-15(6-8-22(18)20)10-13-7-9-24-11-13/h1-5,7,9-12H,6,8H2. The summed E-state index contributed by atoms with van der Waals surface area (Å²) in [5.74, 6) is 0.824. The fraction of sp³-hybridized carbons (Fsp3) is 0.100. The van der Waals surface area contributed by atoms with Crippen LogP contribution in [0.1, 0.15) is 17.8 Å². The largest absolute Gasteiger partial charge is 0.292 e. The van der Waals surface area contributed by atoms with Gasteiger partial charge in [-0.3, -0.25) is 9.36 Å². The zero-order valence-electron chi connectivity index (χ0n) is 13.3. The van der Waals surface area contributed by atoms with Crippen molar-refractivity contribution < 1.29 is 0 Å². The second kappa shape index (κ2) is 5.79. The van der Waals surface area contributed by atoms with Crippen LogP contribution in [-0.2, 0) is 6.54 Å². The first-order valence-corrected chi connectivity index (χ1v) is 9.94. The quantitative estimate of drug-likeness (QED) is 0.495. The van der Waals surface area contributed by atoms with Crippen molar-refractivity contribution in [3.63, 3.8) is 0 Å². The SMILES string of the molecule is O=c1c2c(-c3ccccc3)csc2nc2n1CCC2=Cc1ccsc1. The minimum Gasteiger partial charge on any atom is -0.292 e. The molecule has 0 N–H and O–H groups in total. The average Bonchev–Trinajstić information content (AvgIpc) is 3.37. The van der Waals surface area contributed by atoms with Gasteiger partial charge in [-0.2, -0.15) is 11.3 Å². The first-order chi connectivity index (χ1) is 12.3. The van der Waals surface area contributed by atoms with Crippen LogP contribution < -0.4 is 5.56 Å². The van der Waals surface area contributed by atoms with E-state index < -0.39 is 0 Å². The highest BCUT2D eigenvalue weighted by Gasteiger charge is 2.23. The third kappa shape index (κ3) is 2.39. The van der Waals surface area contributed by atoms with E-state index >= 15 is 0 Å². The maximum absolute atomic E-state index is 13.1. The molecule has 0 atom stereocenters. The summed E-state index contributed by atoms with van der Waals surface area (Å²) in [6, 6.07) is 12.2. The molecule has 4 aromatic rings. The molecule has 0 aliphatic carbocycles. The molecular formula is C20H14N2OS2. The maximum Gasteiger partial charge on any atom is 0.263 e. The molecule has 0 saturated heterocycles. The van der Waals surface area contributed by atoms with Crippen molar-refractivity contribution >= 4 is 44.5 Å². The Labute approximate surface area is 152 Å². The number of allylic oxidation sites excluding steroid dienone is 1. The van der Waals surface area contributed by atoms with Crippen LogP contribution in [0, 0.1) is 0 Å².